The van der Waals surface area contributed by atoms with Crippen LogP contribution in [0.2, 0.25) is 0 Å². The fourth-order valence-corrected chi connectivity index (χ4v) is 4.21. The number of ether oxygens (including phenoxy) is 1. The molecule has 1 fully saturated rings. The molecule has 0 aliphatic carbocycles. The Kier molecular flexibility index (Phi) is 9.69. The molecular formula is C24H31N5O4S. The Morgan fingerprint density at radius 3 is 2.59 bits per heavy atom. The summed E-state index contributed by atoms with van der Waals surface area (Å²) in [5.74, 6) is 0.411. The SMILES string of the molecule is CCCNC(=O)[C@@H]1CCCN(c2ccc(SCC(=O)Nc3ccc(C(=O)OCC)cc3)nn2)C1. The van der Waals surface area contributed by atoms with Crippen LogP contribution >= 0.6 is 11.8 Å². The molecule has 2 amide bonds. The number of piperidine rings is 1. The number of esters is 1. The normalized spacial score (nSPS) is 15.5. The molecule has 1 aliphatic rings. The van der Waals surface area contributed by atoms with Crippen molar-refractivity contribution in [2.45, 2.75) is 38.1 Å². The Morgan fingerprint density at radius 2 is 1.91 bits per heavy atom. The molecule has 2 heterocycles. The zero-order chi connectivity index (χ0) is 24.3. The van der Waals surface area contributed by atoms with Crippen molar-refractivity contribution < 1.29 is 19.1 Å². The van der Waals surface area contributed by atoms with Gasteiger partial charge in [0.15, 0.2) is 5.82 Å². The van der Waals surface area contributed by atoms with Crippen LogP contribution in [0, 0.1) is 5.92 Å². The molecule has 0 bridgehead atoms. The second-order valence-corrected chi connectivity index (χ2v) is 8.94. The second kappa shape index (κ2) is 12.9. The minimum absolute atomic E-state index is 0.0359. The Hall–Kier alpha value is -3.14. The number of nitrogens with one attached hydrogen (secondary N) is 2. The molecule has 34 heavy (non-hydrogen) atoms. The van der Waals surface area contributed by atoms with E-state index >= 15 is 0 Å². The molecule has 0 saturated carbocycles. The molecule has 2 N–H and O–H groups in total. The van der Waals surface area contributed by atoms with Crippen LogP contribution in [0.1, 0.15) is 43.5 Å². The van der Waals surface area contributed by atoms with E-state index in [4.69, 9.17) is 4.74 Å². The average Bonchev–Trinajstić information content (AvgIpc) is 2.87. The van der Waals surface area contributed by atoms with Crippen LogP contribution < -0.4 is 15.5 Å². The number of benzene rings is 1. The Labute approximate surface area is 204 Å². The highest BCUT2D eigenvalue weighted by Gasteiger charge is 2.26. The monoisotopic (exact) mass is 485 g/mol. The number of thioether (sulfide) groups is 1. The number of aromatic nitrogens is 2. The van der Waals surface area contributed by atoms with E-state index in [1.54, 1.807) is 31.2 Å². The van der Waals surface area contributed by atoms with E-state index in [1.165, 1.54) is 11.8 Å². The first-order valence-corrected chi connectivity index (χ1v) is 12.5. The molecule has 0 spiro atoms. The third kappa shape index (κ3) is 7.44. The van der Waals surface area contributed by atoms with Gasteiger partial charge in [0.05, 0.1) is 23.8 Å². The van der Waals surface area contributed by atoms with Crippen LogP contribution in [-0.2, 0) is 14.3 Å². The minimum Gasteiger partial charge on any atom is -0.462 e. The van der Waals surface area contributed by atoms with E-state index in [-0.39, 0.29) is 23.5 Å². The quantitative estimate of drug-likeness (QED) is 0.390. The van der Waals surface area contributed by atoms with Gasteiger partial charge in [-0.25, -0.2) is 4.79 Å². The highest BCUT2D eigenvalue weighted by atomic mass is 32.2. The van der Waals surface area contributed by atoms with Crippen molar-refractivity contribution in [2.75, 3.05) is 42.2 Å². The fraction of sp³-hybridized carbons (Fsp3) is 0.458. The molecule has 1 aliphatic heterocycles. The topological polar surface area (TPSA) is 114 Å². The van der Waals surface area contributed by atoms with Gasteiger partial charge >= 0.3 is 5.97 Å². The van der Waals surface area contributed by atoms with E-state index in [0.717, 1.165) is 31.6 Å². The maximum absolute atomic E-state index is 12.3. The lowest BCUT2D eigenvalue weighted by Crippen LogP contribution is -2.43. The van der Waals surface area contributed by atoms with Gasteiger partial charge < -0.3 is 20.3 Å². The van der Waals surface area contributed by atoms with E-state index in [2.05, 4.69) is 25.7 Å². The first kappa shape index (κ1) is 25.5. The van der Waals surface area contributed by atoms with Crippen LogP contribution in [0.25, 0.3) is 0 Å². The first-order chi connectivity index (χ1) is 16.5. The molecular weight excluding hydrogens is 454 g/mol. The maximum atomic E-state index is 12.3. The summed E-state index contributed by atoms with van der Waals surface area (Å²) in [7, 11) is 0. The lowest BCUT2D eigenvalue weighted by Gasteiger charge is -2.32. The molecule has 1 aromatic carbocycles. The molecule has 1 atom stereocenters. The summed E-state index contributed by atoms with van der Waals surface area (Å²) in [5.41, 5.74) is 1.04. The first-order valence-electron chi connectivity index (χ1n) is 11.6. The van der Waals surface area contributed by atoms with Crippen LogP contribution in [0.5, 0.6) is 0 Å². The molecule has 1 aromatic heterocycles. The van der Waals surface area contributed by atoms with Crippen molar-refractivity contribution in [1.82, 2.24) is 15.5 Å². The summed E-state index contributed by atoms with van der Waals surface area (Å²) >= 11 is 1.29. The van der Waals surface area contributed by atoms with E-state index < -0.39 is 5.97 Å². The number of carbonyl (C=O) groups excluding carboxylic acids is 3. The lowest BCUT2D eigenvalue weighted by molar-refractivity contribution is -0.125. The van der Waals surface area contributed by atoms with Crippen LogP contribution in [0.15, 0.2) is 41.4 Å². The number of anilines is 2. The number of amides is 2. The highest BCUT2D eigenvalue weighted by molar-refractivity contribution is 7.99. The van der Waals surface area contributed by atoms with Gasteiger partial charge in [-0.2, -0.15) is 0 Å². The van der Waals surface area contributed by atoms with Crippen molar-refractivity contribution in [2.24, 2.45) is 5.92 Å². The Bertz CT molecular complexity index is 968. The van der Waals surface area contributed by atoms with Gasteiger partial charge in [-0.1, -0.05) is 18.7 Å². The Balaban J connectivity index is 1.46. The summed E-state index contributed by atoms with van der Waals surface area (Å²) in [6.45, 7) is 6.28. The molecule has 9 nitrogen and oxygen atoms in total. The summed E-state index contributed by atoms with van der Waals surface area (Å²) < 4.78 is 4.95. The molecule has 1 saturated heterocycles. The Morgan fingerprint density at radius 1 is 1.12 bits per heavy atom. The zero-order valence-corrected chi connectivity index (χ0v) is 20.4. The molecule has 3 rings (SSSR count). The molecule has 10 heteroatoms. The third-order valence-corrected chi connectivity index (χ3v) is 6.24. The number of rotatable bonds is 10. The minimum atomic E-state index is -0.391. The van der Waals surface area contributed by atoms with Gasteiger partial charge in [0, 0.05) is 25.3 Å². The van der Waals surface area contributed by atoms with Crippen LogP contribution in [0.3, 0.4) is 0 Å². The van der Waals surface area contributed by atoms with Crippen molar-refractivity contribution in [1.29, 1.82) is 0 Å². The molecule has 0 radical (unpaired) electrons. The number of hydrogen-bond acceptors (Lipinski definition) is 8. The van der Waals surface area contributed by atoms with Crippen LogP contribution in [0.4, 0.5) is 11.5 Å². The summed E-state index contributed by atoms with van der Waals surface area (Å²) in [5, 5.41) is 15.0. The summed E-state index contributed by atoms with van der Waals surface area (Å²) in [6, 6.07) is 10.3. The lowest BCUT2D eigenvalue weighted by atomic mass is 9.97. The molecule has 0 unspecified atom stereocenters. The standard InChI is InChI=1S/C24H31N5O4S/c1-3-13-25-23(31)18-6-5-14-29(15-18)20-11-12-22(28-27-20)34-16-21(30)26-19-9-7-17(8-10-19)24(32)33-4-2/h7-12,18H,3-6,13-16H2,1-2H3,(H,25,31)(H,26,30)/t18-/m1/s1. The number of nitrogens with zero attached hydrogens (tertiary/aromatic N) is 3. The van der Waals surface area contributed by atoms with Gasteiger partial charge in [0.25, 0.3) is 0 Å². The van der Waals surface area contributed by atoms with Gasteiger partial charge in [-0.3, -0.25) is 9.59 Å². The predicted octanol–water partition coefficient (Wildman–Crippen LogP) is 3.13. The smallest absolute Gasteiger partial charge is 0.338 e. The predicted molar refractivity (Wildman–Crippen MR) is 132 cm³/mol. The van der Waals surface area contributed by atoms with Gasteiger partial charge in [-0.05, 0) is 62.6 Å². The van der Waals surface area contributed by atoms with Gasteiger partial charge in [-0.15, -0.1) is 10.2 Å². The van der Waals surface area contributed by atoms with Crippen molar-refractivity contribution in [3.05, 3.63) is 42.0 Å². The molecule has 2 aromatic rings. The summed E-state index contributed by atoms with van der Waals surface area (Å²) in [6.07, 6.45) is 2.74. The largest absolute Gasteiger partial charge is 0.462 e. The van der Waals surface area contributed by atoms with Crippen molar-refractivity contribution in [3.63, 3.8) is 0 Å². The average molecular weight is 486 g/mol. The van der Waals surface area contributed by atoms with Crippen molar-refractivity contribution >= 4 is 41.1 Å². The number of hydrogen-bond donors (Lipinski definition) is 2. The van der Waals surface area contributed by atoms with Crippen LogP contribution in [-0.4, -0.2) is 60.0 Å². The van der Waals surface area contributed by atoms with E-state index in [9.17, 15) is 14.4 Å². The third-order valence-electron chi connectivity index (χ3n) is 5.32. The maximum Gasteiger partial charge on any atom is 0.338 e. The van der Waals surface area contributed by atoms with Gasteiger partial charge in [0.1, 0.15) is 5.03 Å². The molecule has 182 valence electrons. The number of carbonyl (C=O) groups is 3. The summed E-state index contributed by atoms with van der Waals surface area (Å²) in [4.78, 5) is 38.4. The van der Waals surface area contributed by atoms with Crippen molar-refractivity contribution in [3.8, 4) is 0 Å². The van der Waals surface area contributed by atoms with E-state index in [0.29, 0.717) is 36.0 Å². The zero-order valence-electron chi connectivity index (χ0n) is 19.6. The van der Waals surface area contributed by atoms with E-state index in [1.807, 2.05) is 19.1 Å². The highest BCUT2D eigenvalue weighted by Crippen LogP contribution is 2.23. The van der Waals surface area contributed by atoms with Gasteiger partial charge in [0.2, 0.25) is 11.8 Å². The second-order valence-electron chi connectivity index (χ2n) is 7.94. The fourth-order valence-electron chi connectivity index (χ4n) is 3.59.